The molecule has 1 aromatic heterocycles. The normalized spacial score (nSPS) is 11.2. The highest BCUT2D eigenvalue weighted by molar-refractivity contribution is 7.91. The van der Waals surface area contributed by atoms with Gasteiger partial charge in [0.25, 0.3) is 0 Å². The van der Waals surface area contributed by atoms with Gasteiger partial charge in [-0.25, -0.2) is 18.4 Å². The molecule has 0 aliphatic rings. The van der Waals surface area contributed by atoms with E-state index < -0.39 is 16.4 Å². The Bertz CT molecular complexity index is 1040. The Balaban J connectivity index is 1.89. The summed E-state index contributed by atoms with van der Waals surface area (Å²) in [5, 5.41) is 12.0. The number of nitrogens with one attached hydrogen (secondary N) is 1. The van der Waals surface area contributed by atoms with Crippen LogP contribution in [0.1, 0.15) is 0 Å². The van der Waals surface area contributed by atoms with E-state index in [0.29, 0.717) is 22.9 Å². The van der Waals surface area contributed by atoms with Crippen LogP contribution in [0.2, 0.25) is 0 Å². The number of hydrogen-bond donors (Lipinski definition) is 2. The van der Waals surface area contributed by atoms with Crippen LogP contribution >= 0.6 is 0 Å². The number of methoxy groups -OCH3 is 1. The zero-order valence-electron chi connectivity index (χ0n) is 14.7. The number of aliphatic hydroxyl groups is 1. The Morgan fingerprint density at radius 2 is 1.89 bits per heavy atom. The third-order valence-electron chi connectivity index (χ3n) is 3.88. The number of benzene rings is 2. The maximum Gasteiger partial charge on any atom is 0.180 e. The van der Waals surface area contributed by atoms with Gasteiger partial charge in [0.05, 0.1) is 30.1 Å². The van der Waals surface area contributed by atoms with Gasteiger partial charge in [-0.05, 0) is 30.3 Å². The minimum Gasteiger partial charge on any atom is -0.496 e. The molecule has 0 radical (unpaired) electrons. The maximum absolute atomic E-state index is 12.1. The lowest BCUT2D eigenvalue weighted by molar-refractivity contribution is 0.319. The fraction of sp³-hybridized carbons (Fsp3) is 0.158. The Labute approximate surface area is 157 Å². The third kappa shape index (κ3) is 4.42. The monoisotopic (exact) mass is 385 g/mol. The predicted octanol–water partition coefficient (Wildman–Crippen LogP) is 2.66. The summed E-state index contributed by atoms with van der Waals surface area (Å²) in [5.74, 6) is 0.893. The minimum atomic E-state index is -3.52. The van der Waals surface area contributed by atoms with Crippen LogP contribution in [0.3, 0.4) is 0 Å². The molecule has 0 atom stereocenters. The number of rotatable bonds is 7. The van der Waals surface area contributed by atoms with Gasteiger partial charge < -0.3 is 15.2 Å². The number of anilines is 2. The van der Waals surface area contributed by atoms with Gasteiger partial charge in [0.1, 0.15) is 17.9 Å². The number of aromatic nitrogens is 2. The molecule has 140 valence electrons. The van der Waals surface area contributed by atoms with Crippen LogP contribution in [0.5, 0.6) is 5.75 Å². The highest BCUT2D eigenvalue weighted by Crippen LogP contribution is 2.29. The van der Waals surface area contributed by atoms with Crippen molar-refractivity contribution >= 4 is 21.3 Å². The zero-order chi connectivity index (χ0) is 19.3. The summed E-state index contributed by atoms with van der Waals surface area (Å²) in [6.07, 6.45) is 1.43. The van der Waals surface area contributed by atoms with Gasteiger partial charge in [-0.2, -0.15) is 0 Å². The first-order chi connectivity index (χ1) is 13.0. The van der Waals surface area contributed by atoms with Crippen molar-refractivity contribution in [2.75, 3.05) is 24.8 Å². The van der Waals surface area contributed by atoms with Crippen molar-refractivity contribution in [3.8, 4) is 17.0 Å². The summed E-state index contributed by atoms with van der Waals surface area (Å²) in [4.78, 5) is 8.62. The fourth-order valence-corrected chi connectivity index (χ4v) is 3.65. The molecule has 0 bridgehead atoms. The maximum atomic E-state index is 12.1. The summed E-state index contributed by atoms with van der Waals surface area (Å²) in [6, 6.07) is 15.6. The van der Waals surface area contributed by atoms with Crippen LogP contribution in [0.4, 0.5) is 11.5 Å². The lowest BCUT2D eigenvalue weighted by Crippen LogP contribution is -2.10. The standard InChI is InChI=1S/C19H19N3O4S/c1-26-18-8-3-2-7-16(18)17-12-19(21-13-20-17)22-14-5-4-6-15(11-14)27(24,25)10-9-23/h2-8,11-13,23H,9-10H2,1H3,(H,20,21,22). The zero-order valence-corrected chi connectivity index (χ0v) is 15.5. The fourth-order valence-electron chi connectivity index (χ4n) is 2.58. The van der Waals surface area contributed by atoms with E-state index in [1.54, 1.807) is 25.3 Å². The first-order valence-electron chi connectivity index (χ1n) is 8.19. The molecule has 27 heavy (non-hydrogen) atoms. The van der Waals surface area contributed by atoms with Crippen LogP contribution in [0.15, 0.2) is 65.8 Å². The molecule has 0 amide bonds. The van der Waals surface area contributed by atoms with Gasteiger partial charge in [-0.1, -0.05) is 18.2 Å². The van der Waals surface area contributed by atoms with E-state index in [2.05, 4.69) is 15.3 Å². The van der Waals surface area contributed by atoms with Gasteiger partial charge in [0.15, 0.2) is 9.84 Å². The molecule has 2 N–H and O–H groups in total. The van der Waals surface area contributed by atoms with Crippen LogP contribution in [-0.4, -0.2) is 43.0 Å². The Morgan fingerprint density at radius 1 is 1.07 bits per heavy atom. The molecule has 0 aliphatic heterocycles. The second-order valence-electron chi connectivity index (χ2n) is 5.68. The molecular weight excluding hydrogens is 366 g/mol. The lowest BCUT2D eigenvalue weighted by Gasteiger charge is -2.10. The molecule has 7 nitrogen and oxygen atoms in total. The van der Waals surface area contributed by atoms with Crippen molar-refractivity contribution in [3.05, 3.63) is 60.9 Å². The van der Waals surface area contributed by atoms with E-state index in [4.69, 9.17) is 9.84 Å². The lowest BCUT2D eigenvalue weighted by atomic mass is 10.1. The molecule has 0 fully saturated rings. The molecule has 2 aromatic carbocycles. The number of nitrogens with zero attached hydrogens (tertiary/aromatic N) is 2. The number of sulfone groups is 1. The van der Waals surface area contributed by atoms with E-state index in [1.807, 2.05) is 24.3 Å². The van der Waals surface area contributed by atoms with E-state index in [1.165, 1.54) is 18.5 Å². The van der Waals surface area contributed by atoms with Crippen LogP contribution in [-0.2, 0) is 9.84 Å². The molecule has 0 unspecified atom stereocenters. The van der Waals surface area contributed by atoms with Crippen LogP contribution < -0.4 is 10.1 Å². The van der Waals surface area contributed by atoms with E-state index >= 15 is 0 Å². The average molecular weight is 385 g/mol. The molecule has 0 aliphatic carbocycles. The molecule has 3 aromatic rings. The largest absolute Gasteiger partial charge is 0.496 e. The average Bonchev–Trinajstić information content (AvgIpc) is 2.68. The molecule has 0 saturated carbocycles. The summed E-state index contributed by atoms with van der Waals surface area (Å²) < 4.78 is 29.6. The molecular formula is C19H19N3O4S. The number of ether oxygens (including phenoxy) is 1. The van der Waals surface area contributed by atoms with Gasteiger partial charge >= 0.3 is 0 Å². The van der Waals surface area contributed by atoms with E-state index in [0.717, 1.165) is 5.56 Å². The van der Waals surface area contributed by atoms with E-state index in [-0.39, 0.29) is 10.6 Å². The Hall–Kier alpha value is -2.97. The van der Waals surface area contributed by atoms with Crippen molar-refractivity contribution in [3.63, 3.8) is 0 Å². The smallest absolute Gasteiger partial charge is 0.180 e. The predicted molar refractivity (Wildman–Crippen MR) is 103 cm³/mol. The highest BCUT2D eigenvalue weighted by Gasteiger charge is 2.14. The molecule has 0 spiro atoms. The number of para-hydroxylation sites is 1. The van der Waals surface area contributed by atoms with Crippen molar-refractivity contribution in [2.45, 2.75) is 4.90 Å². The second kappa shape index (κ2) is 8.15. The van der Waals surface area contributed by atoms with Crippen LogP contribution in [0.25, 0.3) is 11.3 Å². The third-order valence-corrected chi connectivity index (χ3v) is 5.57. The summed E-state index contributed by atoms with van der Waals surface area (Å²) >= 11 is 0. The van der Waals surface area contributed by atoms with Gasteiger partial charge in [-0.15, -0.1) is 0 Å². The van der Waals surface area contributed by atoms with Crippen molar-refractivity contribution < 1.29 is 18.3 Å². The first-order valence-corrected chi connectivity index (χ1v) is 9.85. The SMILES string of the molecule is COc1ccccc1-c1cc(Nc2cccc(S(=O)(=O)CCO)c2)ncn1. The highest BCUT2D eigenvalue weighted by atomic mass is 32.2. The minimum absolute atomic E-state index is 0.139. The van der Waals surface area contributed by atoms with Crippen LogP contribution in [0, 0.1) is 0 Å². The summed E-state index contributed by atoms with van der Waals surface area (Å²) in [5.41, 5.74) is 2.07. The summed E-state index contributed by atoms with van der Waals surface area (Å²) in [6.45, 7) is -0.422. The van der Waals surface area contributed by atoms with Gasteiger partial charge in [-0.3, -0.25) is 0 Å². The quantitative estimate of drug-likeness (QED) is 0.645. The first kappa shape index (κ1) is 18.8. The molecule has 0 saturated heterocycles. The number of aliphatic hydroxyl groups excluding tert-OH is 1. The van der Waals surface area contributed by atoms with Crippen molar-refractivity contribution in [1.82, 2.24) is 9.97 Å². The molecule has 1 heterocycles. The topological polar surface area (TPSA) is 101 Å². The molecule has 8 heteroatoms. The van der Waals surface area contributed by atoms with Gasteiger partial charge in [0, 0.05) is 17.3 Å². The Kier molecular flexibility index (Phi) is 5.68. The van der Waals surface area contributed by atoms with E-state index in [9.17, 15) is 8.42 Å². The van der Waals surface area contributed by atoms with Crippen molar-refractivity contribution in [2.24, 2.45) is 0 Å². The number of hydrogen-bond acceptors (Lipinski definition) is 7. The van der Waals surface area contributed by atoms with Gasteiger partial charge in [0.2, 0.25) is 0 Å². The summed E-state index contributed by atoms with van der Waals surface area (Å²) in [7, 11) is -1.93. The molecule has 3 rings (SSSR count). The van der Waals surface area contributed by atoms with Crippen molar-refractivity contribution in [1.29, 1.82) is 0 Å². The Morgan fingerprint density at radius 3 is 2.67 bits per heavy atom. The second-order valence-corrected chi connectivity index (χ2v) is 7.79.